The highest BCUT2D eigenvalue weighted by Crippen LogP contribution is 1.99. The Balaban J connectivity index is 3.31. The molecule has 0 spiro atoms. The normalized spacial score (nSPS) is 15.1. The summed E-state index contributed by atoms with van der Waals surface area (Å²) in [6.07, 6.45) is 3.32. The molecule has 0 heterocycles. The molecule has 2 atom stereocenters. The van der Waals surface area contributed by atoms with Crippen molar-refractivity contribution in [2.24, 2.45) is 0 Å². The van der Waals surface area contributed by atoms with Crippen LogP contribution in [0.3, 0.4) is 0 Å². The van der Waals surface area contributed by atoms with E-state index < -0.39 is 10.8 Å². The average Bonchev–Trinajstić information content (AvgIpc) is 2.23. The van der Waals surface area contributed by atoms with Gasteiger partial charge in [0.05, 0.1) is 6.61 Å². The number of nitrogens with one attached hydrogen (secondary N) is 1. The van der Waals surface area contributed by atoms with Gasteiger partial charge < -0.3 is 10.1 Å². The number of hydrogen-bond donors (Lipinski definition) is 1. The third-order valence-electron chi connectivity index (χ3n) is 2.27. The minimum atomic E-state index is -0.695. The van der Waals surface area contributed by atoms with Crippen molar-refractivity contribution < 1.29 is 8.95 Å². The molecule has 0 aromatic rings. The number of ether oxygens (including phenoxy) is 1. The van der Waals surface area contributed by atoms with E-state index in [0.717, 1.165) is 25.1 Å². The molecule has 0 radical (unpaired) electrons. The van der Waals surface area contributed by atoms with Crippen LogP contribution in [-0.2, 0) is 15.5 Å². The van der Waals surface area contributed by atoms with Crippen LogP contribution in [0.15, 0.2) is 0 Å². The summed E-state index contributed by atoms with van der Waals surface area (Å²) in [4.78, 5) is 0. The maximum atomic E-state index is 11.4. The summed E-state index contributed by atoms with van der Waals surface area (Å²) in [5, 5.41) is 3.43. The standard InChI is InChI=1S/C11H25NO2S/c1-4-7-12-11(2)6-5-9-15(13)10-8-14-3/h11-12H,4-10H2,1-3H3. The van der Waals surface area contributed by atoms with Crippen LogP contribution in [0.2, 0.25) is 0 Å². The Kier molecular flexibility index (Phi) is 10.6. The molecule has 0 bridgehead atoms. The summed E-state index contributed by atoms with van der Waals surface area (Å²) >= 11 is 0. The number of methoxy groups -OCH3 is 1. The first-order valence-electron chi connectivity index (χ1n) is 5.78. The van der Waals surface area contributed by atoms with E-state index in [1.165, 1.54) is 6.42 Å². The minimum Gasteiger partial charge on any atom is -0.384 e. The van der Waals surface area contributed by atoms with Crippen LogP contribution in [-0.4, -0.2) is 42.0 Å². The monoisotopic (exact) mass is 235 g/mol. The number of hydrogen-bond acceptors (Lipinski definition) is 3. The van der Waals surface area contributed by atoms with E-state index in [9.17, 15) is 4.21 Å². The van der Waals surface area contributed by atoms with Gasteiger partial charge in [-0.3, -0.25) is 4.21 Å². The first-order valence-corrected chi connectivity index (χ1v) is 7.26. The van der Waals surface area contributed by atoms with E-state index in [1.807, 2.05) is 0 Å². The van der Waals surface area contributed by atoms with Crippen LogP contribution in [0.5, 0.6) is 0 Å². The molecule has 2 unspecified atom stereocenters. The Labute approximate surface area is 96.4 Å². The largest absolute Gasteiger partial charge is 0.384 e. The maximum Gasteiger partial charge on any atom is 0.0577 e. The average molecular weight is 235 g/mol. The summed E-state index contributed by atoms with van der Waals surface area (Å²) in [5.74, 6) is 1.48. The van der Waals surface area contributed by atoms with Crippen molar-refractivity contribution in [1.82, 2.24) is 5.32 Å². The van der Waals surface area contributed by atoms with Gasteiger partial charge in [0, 0.05) is 35.5 Å². The van der Waals surface area contributed by atoms with Crippen LogP contribution in [0.1, 0.15) is 33.1 Å². The van der Waals surface area contributed by atoms with Crippen LogP contribution in [0.25, 0.3) is 0 Å². The van der Waals surface area contributed by atoms with E-state index in [-0.39, 0.29) is 0 Å². The molecule has 0 aliphatic heterocycles. The summed E-state index contributed by atoms with van der Waals surface area (Å²) in [6, 6.07) is 0.546. The Morgan fingerprint density at radius 1 is 1.40 bits per heavy atom. The molecule has 0 aliphatic carbocycles. The molecule has 15 heavy (non-hydrogen) atoms. The van der Waals surface area contributed by atoms with E-state index in [4.69, 9.17) is 4.74 Å². The SMILES string of the molecule is CCCNC(C)CCCS(=O)CCOC. The summed E-state index contributed by atoms with van der Waals surface area (Å²) in [5.41, 5.74) is 0. The van der Waals surface area contributed by atoms with Crippen molar-refractivity contribution in [3.05, 3.63) is 0 Å². The molecule has 0 saturated heterocycles. The third kappa shape index (κ3) is 10.4. The maximum absolute atomic E-state index is 11.4. The molecule has 4 heteroatoms. The van der Waals surface area contributed by atoms with Gasteiger partial charge in [-0.1, -0.05) is 6.92 Å². The summed E-state index contributed by atoms with van der Waals surface area (Å²) in [7, 11) is 0.952. The Morgan fingerprint density at radius 3 is 2.73 bits per heavy atom. The van der Waals surface area contributed by atoms with Crippen molar-refractivity contribution >= 4 is 10.8 Å². The van der Waals surface area contributed by atoms with Gasteiger partial charge in [-0.25, -0.2) is 0 Å². The summed E-state index contributed by atoms with van der Waals surface area (Å²) in [6.45, 7) is 6.04. The molecule has 0 aliphatic rings. The van der Waals surface area contributed by atoms with Crippen LogP contribution in [0, 0.1) is 0 Å². The highest BCUT2D eigenvalue weighted by Gasteiger charge is 2.03. The van der Waals surface area contributed by atoms with Crippen LogP contribution < -0.4 is 5.32 Å². The predicted molar refractivity (Wildman–Crippen MR) is 66.7 cm³/mol. The zero-order chi connectivity index (χ0) is 11.5. The second-order valence-electron chi connectivity index (χ2n) is 3.84. The molecule has 0 saturated carbocycles. The van der Waals surface area contributed by atoms with Gasteiger partial charge in [0.2, 0.25) is 0 Å². The zero-order valence-electron chi connectivity index (χ0n) is 10.3. The van der Waals surface area contributed by atoms with Gasteiger partial charge in [0.25, 0.3) is 0 Å². The zero-order valence-corrected chi connectivity index (χ0v) is 11.1. The Morgan fingerprint density at radius 2 is 2.13 bits per heavy atom. The van der Waals surface area contributed by atoms with Crippen molar-refractivity contribution in [1.29, 1.82) is 0 Å². The fourth-order valence-corrected chi connectivity index (χ4v) is 2.37. The molecule has 3 nitrogen and oxygen atoms in total. The Bertz CT molecular complexity index is 165. The minimum absolute atomic E-state index is 0.546. The molecule has 92 valence electrons. The van der Waals surface area contributed by atoms with Crippen molar-refractivity contribution in [2.75, 3.05) is 31.8 Å². The highest BCUT2D eigenvalue weighted by atomic mass is 32.2. The Hall–Kier alpha value is 0.0700. The highest BCUT2D eigenvalue weighted by molar-refractivity contribution is 7.84. The third-order valence-corrected chi connectivity index (χ3v) is 3.63. The van der Waals surface area contributed by atoms with Gasteiger partial charge in [-0.15, -0.1) is 0 Å². The fourth-order valence-electron chi connectivity index (χ4n) is 1.32. The van der Waals surface area contributed by atoms with Crippen molar-refractivity contribution in [2.45, 2.75) is 39.2 Å². The first-order chi connectivity index (χ1) is 7.20. The van der Waals surface area contributed by atoms with Gasteiger partial charge in [-0.05, 0) is 32.7 Å². The lowest BCUT2D eigenvalue weighted by Crippen LogP contribution is -2.27. The molecule has 0 fully saturated rings. The van der Waals surface area contributed by atoms with Gasteiger partial charge in [0.1, 0.15) is 0 Å². The summed E-state index contributed by atoms with van der Waals surface area (Å²) < 4.78 is 16.3. The second-order valence-corrected chi connectivity index (χ2v) is 5.53. The quantitative estimate of drug-likeness (QED) is 0.624. The predicted octanol–water partition coefficient (Wildman–Crippen LogP) is 1.55. The van der Waals surface area contributed by atoms with Crippen LogP contribution in [0.4, 0.5) is 0 Å². The van der Waals surface area contributed by atoms with E-state index in [2.05, 4.69) is 19.2 Å². The van der Waals surface area contributed by atoms with Crippen LogP contribution >= 0.6 is 0 Å². The molecule has 0 rings (SSSR count). The number of rotatable bonds is 10. The van der Waals surface area contributed by atoms with Crippen molar-refractivity contribution in [3.63, 3.8) is 0 Å². The van der Waals surface area contributed by atoms with E-state index in [0.29, 0.717) is 18.4 Å². The van der Waals surface area contributed by atoms with E-state index in [1.54, 1.807) is 7.11 Å². The topological polar surface area (TPSA) is 38.3 Å². The molecule has 0 aromatic carbocycles. The molecule has 0 amide bonds. The fraction of sp³-hybridized carbons (Fsp3) is 1.00. The molecule has 0 aromatic heterocycles. The lowest BCUT2D eigenvalue weighted by Gasteiger charge is -2.12. The smallest absolute Gasteiger partial charge is 0.0577 e. The van der Waals surface area contributed by atoms with Gasteiger partial charge >= 0.3 is 0 Å². The lowest BCUT2D eigenvalue weighted by molar-refractivity contribution is 0.218. The molecule has 1 N–H and O–H groups in total. The van der Waals surface area contributed by atoms with E-state index >= 15 is 0 Å². The van der Waals surface area contributed by atoms with Gasteiger partial charge in [-0.2, -0.15) is 0 Å². The second kappa shape index (κ2) is 10.6. The molecular formula is C11H25NO2S. The van der Waals surface area contributed by atoms with Crippen molar-refractivity contribution in [3.8, 4) is 0 Å². The first kappa shape index (κ1) is 15.1. The van der Waals surface area contributed by atoms with Gasteiger partial charge in [0.15, 0.2) is 0 Å². The lowest BCUT2D eigenvalue weighted by atomic mass is 10.2. The molecular weight excluding hydrogens is 210 g/mol.